The van der Waals surface area contributed by atoms with Gasteiger partial charge in [0.15, 0.2) is 0 Å². The number of nitrogens with zero attached hydrogens (tertiary/aromatic N) is 1. The van der Waals surface area contributed by atoms with E-state index in [-0.39, 0.29) is 16.2 Å². The van der Waals surface area contributed by atoms with E-state index in [1.807, 2.05) is 0 Å². The van der Waals surface area contributed by atoms with Gasteiger partial charge in [-0.25, -0.2) is 0 Å². The zero-order valence-corrected chi connectivity index (χ0v) is 12.2. The van der Waals surface area contributed by atoms with Crippen molar-refractivity contribution in [1.82, 2.24) is 0 Å². The van der Waals surface area contributed by atoms with Gasteiger partial charge in [-0.1, -0.05) is 61.5 Å². The van der Waals surface area contributed by atoms with Crippen LogP contribution in [0.4, 0.5) is 0 Å². The van der Waals surface area contributed by atoms with E-state index in [4.69, 9.17) is 4.99 Å². The average Bonchev–Trinajstić information content (AvgIpc) is 2.47. The molecule has 0 atom stereocenters. The predicted molar refractivity (Wildman–Crippen MR) is 73.1 cm³/mol. The van der Waals surface area contributed by atoms with Crippen LogP contribution in [-0.4, -0.2) is 12.3 Å². The quantitative estimate of drug-likeness (QED) is 0.619. The summed E-state index contributed by atoms with van der Waals surface area (Å²) in [6.45, 7) is 19.2. The fraction of sp³-hybridized carbons (Fsp3) is 0.800. The molecule has 0 spiro atoms. The molecule has 0 aromatic rings. The van der Waals surface area contributed by atoms with Crippen LogP contribution in [-0.2, 0) is 0 Å². The zero-order chi connectivity index (χ0) is 12.8. The molecule has 0 aliphatic carbocycles. The van der Waals surface area contributed by atoms with Crippen LogP contribution in [0.3, 0.4) is 0 Å². The van der Waals surface area contributed by atoms with Crippen LogP contribution in [0.15, 0.2) is 16.6 Å². The molecule has 1 aliphatic rings. The van der Waals surface area contributed by atoms with Crippen molar-refractivity contribution in [3.05, 3.63) is 11.6 Å². The molecule has 0 radical (unpaired) electrons. The van der Waals surface area contributed by atoms with E-state index < -0.39 is 0 Å². The van der Waals surface area contributed by atoms with Gasteiger partial charge in [0.2, 0.25) is 0 Å². The van der Waals surface area contributed by atoms with Crippen molar-refractivity contribution >= 4 is 5.71 Å². The third-order valence-electron chi connectivity index (χ3n) is 4.06. The molecule has 92 valence electrons. The molecule has 1 rings (SSSR count). The highest BCUT2D eigenvalue weighted by Crippen LogP contribution is 2.47. The van der Waals surface area contributed by atoms with E-state index in [2.05, 4.69) is 61.5 Å². The number of aliphatic imine (C=N–C) groups is 1. The maximum atomic E-state index is 4.69. The van der Waals surface area contributed by atoms with Crippen molar-refractivity contribution in [2.75, 3.05) is 6.54 Å². The van der Waals surface area contributed by atoms with Crippen molar-refractivity contribution < 1.29 is 0 Å². The first kappa shape index (κ1) is 13.5. The summed E-state index contributed by atoms with van der Waals surface area (Å²) in [6.07, 6.45) is 2.31. The minimum atomic E-state index is 0.158. The predicted octanol–water partition coefficient (Wildman–Crippen LogP) is 4.49. The molecule has 0 fully saturated rings. The summed E-state index contributed by atoms with van der Waals surface area (Å²) in [4.78, 5) is 4.69. The molecule has 16 heavy (non-hydrogen) atoms. The molecule has 1 aliphatic heterocycles. The van der Waals surface area contributed by atoms with Gasteiger partial charge in [0.25, 0.3) is 0 Å². The van der Waals surface area contributed by atoms with Gasteiger partial charge in [-0.3, -0.25) is 4.99 Å². The summed E-state index contributed by atoms with van der Waals surface area (Å²) in [6, 6.07) is 0. The monoisotopic (exact) mass is 221 g/mol. The van der Waals surface area contributed by atoms with Crippen LogP contribution < -0.4 is 0 Å². The smallest absolute Gasteiger partial charge is 0.0580 e. The fourth-order valence-corrected chi connectivity index (χ4v) is 2.01. The van der Waals surface area contributed by atoms with Crippen LogP contribution in [0, 0.1) is 16.2 Å². The van der Waals surface area contributed by atoms with E-state index in [1.54, 1.807) is 0 Å². The summed E-state index contributed by atoms with van der Waals surface area (Å²) in [5.74, 6) is 0. The molecule has 0 bridgehead atoms. The Morgan fingerprint density at radius 2 is 1.44 bits per heavy atom. The SMILES string of the molecule is CC(C)(C)C1=NCC=C1C(C)(C)C(C)(C)C. The van der Waals surface area contributed by atoms with Crippen molar-refractivity contribution in [3.8, 4) is 0 Å². The number of hydrogen-bond acceptors (Lipinski definition) is 1. The van der Waals surface area contributed by atoms with Crippen molar-refractivity contribution in [1.29, 1.82) is 0 Å². The fourth-order valence-electron chi connectivity index (χ4n) is 2.01. The second-order valence-electron chi connectivity index (χ2n) is 7.43. The number of hydrogen-bond donors (Lipinski definition) is 0. The summed E-state index contributed by atoms with van der Waals surface area (Å²) in [5, 5.41) is 0. The molecule has 1 nitrogen and oxygen atoms in total. The van der Waals surface area contributed by atoms with Gasteiger partial charge >= 0.3 is 0 Å². The average molecular weight is 221 g/mol. The molecule has 0 amide bonds. The van der Waals surface area contributed by atoms with Crippen molar-refractivity contribution in [2.45, 2.75) is 55.4 Å². The Kier molecular flexibility index (Phi) is 3.13. The lowest BCUT2D eigenvalue weighted by molar-refractivity contribution is 0.183. The molecular weight excluding hydrogens is 194 g/mol. The molecule has 0 saturated carbocycles. The molecule has 1 heteroatoms. The molecule has 0 aromatic heterocycles. The molecule has 0 aromatic carbocycles. The van der Waals surface area contributed by atoms with Crippen LogP contribution in [0.5, 0.6) is 0 Å². The third kappa shape index (κ3) is 2.23. The Labute approximate surface area is 101 Å². The zero-order valence-electron chi connectivity index (χ0n) is 12.2. The van der Waals surface area contributed by atoms with E-state index in [9.17, 15) is 0 Å². The second-order valence-corrected chi connectivity index (χ2v) is 7.43. The van der Waals surface area contributed by atoms with Gasteiger partial charge in [-0.05, 0) is 16.4 Å². The van der Waals surface area contributed by atoms with Crippen LogP contribution in [0.25, 0.3) is 0 Å². The van der Waals surface area contributed by atoms with Gasteiger partial charge in [-0.2, -0.15) is 0 Å². The lowest BCUT2D eigenvalue weighted by atomic mass is 9.62. The highest BCUT2D eigenvalue weighted by atomic mass is 14.8. The lowest BCUT2D eigenvalue weighted by Crippen LogP contribution is -2.37. The van der Waals surface area contributed by atoms with Gasteiger partial charge in [0.1, 0.15) is 0 Å². The summed E-state index contributed by atoms with van der Waals surface area (Å²) < 4.78 is 0. The third-order valence-corrected chi connectivity index (χ3v) is 4.06. The Balaban J connectivity index is 3.13. The van der Waals surface area contributed by atoms with Gasteiger partial charge in [-0.15, -0.1) is 0 Å². The molecule has 1 heterocycles. The maximum Gasteiger partial charge on any atom is 0.0580 e. The molecule has 0 unspecified atom stereocenters. The minimum absolute atomic E-state index is 0.158. The molecule has 0 saturated heterocycles. The van der Waals surface area contributed by atoms with Crippen LogP contribution >= 0.6 is 0 Å². The second kappa shape index (κ2) is 3.72. The van der Waals surface area contributed by atoms with Crippen molar-refractivity contribution in [2.24, 2.45) is 21.2 Å². The summed E-state index contributed by atoms with van der Waals surface area (Å²) >= 11 is 0. The Hall–Kier alpha value is -0.590. The number of rotatable bonds is 1. The maximum absolute atomic E-state index is 4.69. The van der Waals surface area contributed by atoms with E-state index in [0.717, 1.165) is 6.54 Å². The Bertz CT molecular complexity index is 329. The van der Waals surface area contributed by atoms with E-state index in [0.29, 0.717) is 0 Å². The first-order chi connectivity index (χ1) is 6.98. The van der Waals surface area contributed by atoms with E-state index in [1.165, 1.54) is 11.3 Å². The van der Waals surface area contributed by atoms with E-state index >= 15 is 0 Å². The summed E-state index contributed by atoms with van der Waals surface area (Å²) in [7, 11) is 0. The van der Waals surface area contributed by atoms with Gasteiger partial charge in [0.05, 0.1) is 6.54 Å². The Morgan fingerprint density at radius 1 is 0.938 bits per heavy atom. The largest absolute Gasteiger partial charge is 0.285 e. The first-order valence-electron chi connectivity index (χ1n) is 6.24. The first-order valence-corrected chi connectivity index (χ1v) is 6.24. The lowest BCUT2D eigenvalue weighted by Gasteiger charge is -2.42. The van der Waals surface area contributed by atoms with Gasteiger partial charge < -0.3 is 0 Å². The van der Waals surface area contributed by atoms with Crippen molar-refractivity contribution in [3.63, 3.8) is 0 Å². The highest BCUT2D eigenvalue weighted by Gasteiger charge is 2.41. The standard InChI is InChI=1S/C15H27N/c1-13(2,3)12-11(9-10-16-12)15(7,8)14(4,5)6/h9H,10H2,1-8H3. The number of allylic oxidation sites excluding steroid dienone is 1. The van der Waals surface area contributed by atoms with Crippen LogP contribution in [0.1, 0.15) is 55.4 Å². The summed E-state index contributed by atoms with van der Waals surface area (Å²) in [5.41, 5.74) is 3.34. The minimum Gasteiger partial charge on any atom is -0.285 e. The molecule has 0 N–H and O–H groups in total. The molecular formula is C15H27N. The highest BCUT2D eigenvalue weighted by molar-refractivity contribution is 6.06. The normalized spacial score (nSPS) is 18.5. The Morgan fingerprint density at radius 3 is 1.81 bits per heavy atom. The van der Waals surface area contributed by atoms with Gasteiger partial charge in [0, 0.05) is 11.1 Å². The topological polar surface area (TPSA) is 12.4 Å². The van der Waals surface area contributed by atoms with Crippen LogP contribution in [0.2, 0.25) is 0 Å².